The summed E-state index contributed by atoms with van der Waals surface area (Å²) in [6.07, 6.45) is 11.7. The minimum Gasteiger partial charge on any atom is -0.316 e. The summed E-state index contributed by atoms with van der Waals surface area (Å²) in [6, 6.07) is 0. The molecule has 0 aromatic carbocycles. The Balaban J connectivity index is 0.000000151. The first-order valence-electron chi connectivity index (χ1n) is 7.07. The molecule has 0 aromatic rings. The van der Waals surface area contributed by atoms with E-state index >= 15 is 0 Å². The highest BCUT2D eigenvalue weighted by Gasteiger charge is 2.10. The van der Waals surface area contributed by atoms with E-state index in [0.717, 1.165) is 11.8 Å². The minimum atomic E-state index is 0.986. The average molecular weight is 211 g/mol. The van der Waals surface area contributed by atoms with Crippen molar-refractivity contribution in [3.8, 4) is 0 Å². The number of rotatable bonds is 2. The van der Waals surface area contributed by atoms with Gasteiger partial charge in [-0.2, -0.15) is 0 Å². The molecule has 1 atom stereocenters. The lowest BCUT2D eigenvalue weighted by Gasteiger charge is -2.18. The van der Waals surface area contributed by atoms with Gasteiger partial charge in [0.15, 0.2) is 0 Å². The standard InChI is InChI=1S/C8H16.C6H13N/c1-2-8-6-4-3-5-7-8;1-2-6-3-4-7-5-6/h8H,2-7H2,1H3;6-7H,2-5H2,1H3. The van der Waals surface area contributed by atoms with Crippen LogP contribution in [0.3, 0.4) is 0 Å². The van der Waals surface area contributed by atoms with E-state index in [-0.39, 0.29) is 0 Å². The highest BCUT2D eigenvalue weighted by Crippen LogP contribution is 2.25. The third kappa shape index (κ3) is 5.55. The molecule has 2 rings (SSSR count). The van der Waals surface area contributed by atoms with E-state index in [2.05, 4.69) is 19.2 Å². The maximum absolute atomic E-state index is 3.32. The van der Waals surface area contributed by atoms with Crippen molar-refractivity contribution in [2.45, 2.75) is 65.2 Å². The van der Waals surface area contributed by atoms with E-state index < -0.39 is 0 Å². The fraction of sp³-hybridized carbons (Fsp3) is 1.00. The Kier molecular flexibility index (Phi) is 7.08. The second kappa shape index (κ2) is 8.15. The molecule has 90 valence electrons. The van der Waals surface area contributed by atoms with Crippen molar-refractivity contribution in [2.24, 2.45) is 11.8 Å². The van der Waals surface area contributed by atoms with Crippen LogP contribution >= 0.6 is 0 Å². The first kappa shape index (κ1) is 13.0. The Labute approximate surface area is 96.0 Å². The van der Waals surface area contributed by atoms with E-state index in [1.807, 2.05) is 0 Å². The van der Waals surface area contributed by atoms with E-state index in [1.54, 1.807) is 0 Å². The van der Waals surface area contributed by atoms with Gasteiger partial charge in [0, 0.05) is 0 Å². The molecule has 1 saturated heterocycles. The zero-order valence-corrected chi connectivity index (χ0v) is 10.7. The molecule has 2 fully saturated rings. The van der Waals surface area contributed by atoms with Crippen LogP contribution in [0, 0.1) is 11.8 Å². The maximum atomic E-state index is 3.32. The van der Waals surface area contributed by atoms with Gasteiger partial charge in [-0.1, -0.05) is 58.8 Å². The van der Waals surface area contributed by atoms with Crippen LogP contribution in [0.4, 0.5) is 0 Å². The summed E-state index contributed by atoms with van der Waals surface area (Å²) in [4.78, 5) is 0. The third-order valence-corrected chi connectivity index (χ3v) is 4.04. The third-order valence-electron chi connectivity index (χ3n) is 4.04. The van der Waals surface area contributed by atoms with Gasteiger partial charge in [0.25, 0.3) is 0 Å². The van der Waals surface area contributed by atoms with E-state index in [4.69, 9.17) is 0 Å². The van der Waals surface area contributed by atoms with Crippen molar-refractivity contribution in [3.63, 3.8) is 0 Å². The van der Waals surface area contributed by atoms with Gasteiger partial charge in [0.2, 0.25) is 0 Å². The lowest BCUT2D eigenvalue weighted by Crippen LogP contribution is -2.07. The number of hydrogen-bond acceptors (Lipinski definition) is 1. The zero-order chi connectivity index (χ0) is 10.9. The fourth-order valence-electron chi connectivity index (χ4n) is 2.66. The molecule has 1 aliphatic carbocycles. The highest BCUT2D eigenvalue weighted by molar-refractivity contribution is 4.68. The summed E-state index contributed by atoms with van der Waals surface area (Å²) < 4.78 is 0. The molecule has 0 radical (unpaired) electrons. The molecule has 15 heavy (non-hydrogen) atoms. The van der Waals surface area contributed by atoms with E-state index in [1.165, 1.54) is 64.5 Å². The zero-order valence-electron chi connectivity index (χ0n) is 10.7. The number of hydrogen-bond donors (Lipinski definition) is 1. The second-order valence-electron chi connectivity index (χ2n) is 5.18. The summed E-state index contributed by atoms with van der Waals surface area (Å²) in [5.41, 5.74) is 0. The van der Waals surface area contributed by atoms with Crippen LogP contribution < -0.4 is 5.32 Å². The molecule has 1 heterocycles. The predicted octanol–water partition coefficient (Wildman–Crippen LogP) is 3.98. The van der Waals surface area contributed by atoms with Crippen LogP contribution in [0.25, 0.3) is 0 Å². The Morgan fingerprint density at radius 2 is 1.53 bits per heavy atom. The summed E-state index contributed by atoms with van der Waals surface area (Å²) in [5.74, 6) is 2.07. The Morgan fingerprint density at radius 3 is 1.87 bits per heavy atom. The van der Waals surface area contributed by atoms with Crippen molar-refractivity contribution in [1.29, 1.82) is 0 Å². The van der Waals surface area contributed by atoms with Crippen molar-refractivity contribution < 1.29 is 0 Å². The molecule has 1 heteroatoms. The van der Waals surface area contributed by atoms with Crippen LogP contribution in [0.1, 0.15) is 65.2 Å². The minimum absolute atomic E-state index is 0.986. The second-order valence-corrected chi connectivity index (χ2v) is 5.18. The smallest absolute Gasteiger partial charge is 0.00201 e. The van der Waals surface area contributed by atoms with Crippen LogP contribution in [0.15, 0.2) is 0 Å². The largest absolute Gasteiger partial charge is 0.316 e. The van der Waals surface area contributed by atoms with Gasteiger partial charge in [0.1, 0.15) is 0 Å². The average Bonchev–Trinajstić information content (AvgIpc) is 2.84. The molecule has 1 saturated carbocycles. The lowest BCUT2D eigenvalue weighted by molar-refractivity contribution is 0.349. The van der Waals surface area contributed by atoms with Gasteiger partial charge in [-0.15, -0.1) is 0 Å². The van der Waals surface area contributed by atoms with E-state index in [0.29, 0.717) is 0 Å². The predicted molar refractivity (Wildman–Crippen MR) is 68.1 cm³/mol. The van der Waals surface area contributed by atoms with Crippen LogP contribution in [0.2, 0.25) is 0 Å². The molecule has 0 amide bonds. The molecule has 1 unspecified atom stereocenters. The SMILES string of the molecule is CCC1CCCCC1.CCC1CCNC1. The van der Waals surface area contributed by atoms with Crippen molar-refractivity contribution in [2.75, 3.05) is 13.1 Å². The lowest BCUT2D eigenvalue weighted by atomic mass is 9.88. The summed E-state index contributed by atoms with van der Waals surface area (Å²) >= 11 is 0. The van der Waals surface area contributed by atoms with Crippen LogP contribution in [0.5, 0.6) is 0 Å². The van der Waals surface area contributed by atoms with Crippen molar-refractivity contribution in [3.05, 3.63) is 0 Å². The molecule has 1 aliphatic heterocycles. The molecule has 1 N–H and O–H groups in total. The van der Waals surface area contributed by atoms with Gasteiger partial charge < -0.3 is 5.32 Å². The molecule has 1 nitrogen and oxygen atoms in total. The molecule has 2 aliphatic rings. The number of nitrogens with one attached hydrogen (secondary N) is 1. The summed E-state index contributed by atoms with van der Waals surface area (Å²) in [5, 5.41) is 3.32. The van der Waals surface area contributed by atoms with Gasteiger partial charge in [-0.3, -0.25) is 0 Å². The van der Waals surface area contributed by atoms with Gasteiger partial charge in [-0.05, 0) is 31.3 Å². The summed E-state index contributed by atoms with van der Waals surface area (Å²) in [6.45, 7) is 7.09. The fourth-order valence-corrected chi connectivity index (χ4v) is 2.66. The Bertz CT molecular complexity index is 132. The monoisotopic (exact) mass is 211 g/mol. The van der Waals surface area contributed by atoms with Crippen LogP contribution in [-0.2, 0) is 0 Å². The maximum Gasteiger partial charge on any atom is -0.00201 e. The van der Waals surface area contributed by atoms with Crippen molar-refractivity contribution >= 4 is 0 Å². The molecule has 0 bridgehead atoms. The normalized spacial score (nSPS) is 27.2. The van der Waals surface area contributed by atoms with E-state index in [9.17, 15) is 0 Å². The molecular weight excluding hydrogens is 182 g/mol. The van der Waals surface area contributed by atoms with Crippen LogP contribution in [-0.4, -0.2) is 13.1 Å². The molecule has 0 spiro atoms. The Hall–Kier alpha value is -0.0400. The first-order valence-corrected chi connectivity index (χ1v) is 7.07. The quantitative estimate of drug-likeness (QED) is 0.728. The highest BCUT2D eigenvalue weighted by atomic mass is 14.9. The van der Waals surface area contributed by atoms with Gasteiger partial charge in [-0.25, -0.2) is 0 Å². The van der Waals surface area contributed by atoms with Gasteiger partial charge >= 0.3 is 0 Å². The van der Waals surface area contributed by atoms with Crippen molar-refractivity contribution in [1.82, 2.24) is 5.32 Å². The first-order chi connectivity index (χ1) is 7.36. The molecular formula is C14H29N. The summed E-state index contributed by atoms with van der Waals surface area (Å²) in [7, 11) is 0. The Morgan fingerprint density at radius 1 is 0.867 bits per heavy atom. The molecule has 0 aromatic heterocycles. The van der Waals surface area contributed by atoms with Gasteiger partial charge in [0.05, 0.1) is 0 Å². The topological polar surface area (TPSA) is 12.0 Å².